The Bertz CT molecular complexity index is 366. The van der Waals surface area contributed by atoms with Crippen molar-refractivity contribution in [3.8, 4) is 0 Å². The Hall–Kier alpha value is -0.820. The van der Waals surface area contributed by atoms with Crippen LogP contribution in [0.3, 0.4) is 0 Å². The van der Waals surface area contributed by atoms with E-state index in [0.29, 0.717) is 12.0 Å². The van der Waals surface area contributed by atoms with Crippen LogP contribution in [0.4, 0.5) is 0 Å². The predicted octanol–water partition coefficient (Wildman–Crippen LogP) is 3.58. The maximum Gasteiger partial charge on any atom is 0.0239 e. The molecule has 0 atom stereocenters. The monoisotopic (exact) mass is 217 g/mol. The van der Waals surface area contributed by atoms with Gasteiger partial charge in [0.25, 0.3) is 0 Å². The molecule has 2 rings (SSSR count). The fraction of sp³-hybridized carbons (Fsp3) is 0.600. The van der Waals surface area contributed by atoms with Crippen molar-refractivity contribution >= 4 is 0 Å². The molecule has 0 saturated carbocycles. The lowest BCUT2D eigenvalue weighted by Crippen LogP contribution is -2.36. The highest BCUT2D eigenvalue weighted by atomic mass is 15.1. The van der Waals surface area contributed by atoms with Crippen molar-refractivity contribution in [2.24, 2.45) is 0 Å². The van der Waals surface area contributed by atoms with E-state index < -0.39 is 0 Å². The summed E-state index contributed by atoms with van der Waals surface area (Å²) in [6.07, 6.45) is 1.22. The molecule has 1 nitrogen and oxygen atoms in total. The average molecular weight is 217 g/mol. The van der Waals surface area contributed by atoms with Crippen LogP contribution < -0.4 is 0 Å². The lowest BCUT2D eigenvalue weighted by atomic mass is 9.89. The van der Waals surface area contributed by atoms with Gasteiger partial charge in [0.05, 0.1) is 0 Å². The Morgan fingerprint density at radius 2 is 1.88 bits per heavy atom. The van der Waals surface area contributed by atoms with Gasteiger partial charge in [0.2, 0.25) is 0 Å². The van der Waals surface area contributed by atoms with E-state index in [-0.39, 0.29) is 0 Å². The van der Waals surface area contributed by atoms with E-state index in [1.54, 1.807) is 16.7 Å². The van der Waals surface area contributed by atoms with E-state index in [2.05, 4.69) is 50.8 Å². The van der Waals surface area contributed by atoms with E-state index in [9.17, 15) is 0 Å². The van der Waals surface area contributed by atoms with Gasteiger partial charge in [-0.05, 0) is 42.9 Å². The first-order chi connectivity index (χ1) is 7.59. The molecule has 0 spiro atoms. The third-order valence-electron chi connectivity index (χ3n) is 3.68. The SMILES string of the molecule is CC(C)c1cccc2c1CCN(C(C)C)C2. The third kappa shape index (κ3) is 2.15. The molecule has 0 radical (unpaired) electrons. The maximum atomic E-state index is 2.56. The maximum absolute atomic E-state index is 2.56. The van der Waals surface area contributed by atoms with E-state index in [4.69, 9.17) is 0 Å². The summed E-state index contributed by atoms with van der Waals surface area (Å²) < 4.78 is 0. The zero-order chi connectivity index (χ0) is 11.7. The zero-order valence-electron chi connectivity index (χ0n) is 11.0. The molecule has 1 aromatic rings. The molecule has 0 aliphatic carbocycles. The van der Waals surface area contributed by atoms with Crippen molar-refractivity contribution in [1.82, 2.24) is 4.90 Å². The summed E-state index contributed by atoms with van der Waals surface area (Å²) in [7, 11) is 0. The van der Waals surface area contributed by atoms with Crippen LogP contribution in [0.2, 0.25) is 0 Å². The van der Waals surface area contributed by atoms with Crippen molar-refractivity contribution in [1.29, 1.82) is 0 Å². The molecular weight excluding hydrogens is 194 g/mol. The van der Waals surface area contributed by atoms with Crippen LogP contribution in [-0.2, 0) is 13.0 Å². The van der Waals surface area contributed by atoms with Crippen LogP contribution in [0.5, 0.6) is 0 Å². The molecule has 0 saturated heterocycles. The predicted molar refractivity (Wildman–Crippen MR) is 69.8 cm³/mol. The summed E-state index contributed by atoms with van der Waals surface area (Å²) in [5.74, 6) is 0.653. The highest BCUT2D eigenvalue weighted by Gasteiger charge is 2.20. The third-order valence-corrected chi connectivity index (χ3v) is 3.68. The Morgan fingerprint density at radius 3 is 2.50 bits per heavy atom. The Labute approximate surface area is 99.5 Å². The van der Waals surface area contributed by atoms with Crippen molar-refractivity contribution in [2.45, 2.75) is 52.6 Å². The molecule has 0 bridgehead atoms. The molecule has 0 amide bonds. The number of hydrogen-bond donors (Lipinski definition) is 0. The molecule has 1 aromatic carbocycles. The normalized spacial score (nSPS) is 16.9. The summed E-state index contributed by atoms with van der Waals surface area (Å²) in [5, 5.41) is 0. The quantitative estimate of drug-likeness (QED) is 0.732. The minimum Gasteiger partial charge on any atom is -0.296 e. The Balaban J connectivity index is 2.31. The first-order valence-electron chi connectivity index (χ1n) is 6.44. The van der Waals surface area contributed by atoms with Crippen LogP contribution in [0.25, 0.3) is 0 Å². The number of nitrogens with zero attached hydrogens (tertiary/aromatic N) is 1. The smallest absolute Gasteiger partial charge is 0.0239 e. The Kier molecular flexibility index (Phi) is 3.34. The lowest BCUT2D eigenvalue weighted by molar-refractivity contribution is 0.203. The standard InChI is InChI=1S/C15H23N/c1-11(2)14-7-5-6-13-10-16(12(3)4)9-8-15(13)14/h5-7,11-12H,8-10H2,1-4H3. The highest BCUT2D eigenvalue weighted by molar-refractivity contribution is 5.38. The minimum atomic E-state index is 0.653. The molecular formula is C15H23N. The second kappa shape index (κ2) is 4.58. The molecule has 0 unspecified atom stereocenters. The van der Waals surface area contributed by atoms with E-state index >= 15 is 0 Å². The van der Waals surface area contributed by atoms with Gasteiger partial charge in [-0.3, -0.25) is 4.90 Å². The van der Waals surface area contributed by atoms with Crippen LogP contribution in [0.15, 0.2) is 18.2 Å². The summed E-state index contributed by atoms with van der Waals surface area (Å²) >= 11 is 0. The van der Waals surface area contributed by atoms with Crippen molar-refractivity contribution in [3.05, 3.63) is 34.9 Å². The van der Waals surface area contributed by atoms with Gasteiger partial charge in [-0.1, -0.05) is 32.0 Å². The van der Waals surface area contributed by atoms with E-state index in [0.717, 1.165) is 6.54 Å². The largest absolute Gasteiger partial charge is 0.296 e. The molecule has 0 N–H and O–H groups in total. The fourth-order valence-electron chi connectivity index (χ4n) is 2.64. The number of fused-ring (bicyclic) bond motifs is 1. The summed E-state index contributed by atoms with van der Waals surface area (Å²) in [5.41, 5.74) is 4.72. The first kappa shape index (κ1) is 11.7. The number of rotatable bonds is 2. The number of hydrogen-bond acceptors (Lipinski definition) is 1. The molecule has 0 aromatic heterocycles. The van der Waals surface area contributed by atoms with Gasteiger partial charge in [0.1, 0.15) is 0 Å². The molecule has 1 heterocycles. The van der Waals surface area contributed by atoms with Gasteiger partial charge >= 0.3 is 0 Å². The molecule has 1 aliphatic rings. The van der Waals surface area contributed by atoms with Gasteiger partial charge in [0.15, 0.2) is 0 Å². The minimum absolute atomic E-state index is 0.653. The Morgan fingerprint density at radius 1 is 1.12 bits per heavy atom. The second-order valence-corrected chi connectivity index (χ2v) is 5.45. The van der Waals surface area contributed by atoms with E-state index in [1.807, 2.05) is 0 Å². The summed E-state index contributed by atoms with van der Waals surface area (Å²) in [4.78, 5) is 2.56. The molecule has 88 valence electrons. The average Bonchev–Trinajstić information content (AvgIpc) is 2.27. The van der Waals surface area contributed by atoms with Gasteiger partial charge in [0, 0.05) is 19.1 Å². The summed E-state index contributed by atoms with van der Waals surface area (Å²) in [6.45, 7) is 11.5. The van der Waals surface area contributed by atoms with Gasteiger partial charge in [-0.15, -0.1) is 0 Å². The van der Waals surface area contributed by atoms with Crippen LogP contribution >= 0.6 is 0 Å². The molecule has 1 heteroatoms. The zero-order valence-corrected chi connectivity index (χ0v) is 11.0. The topological polar surface area (TPSA) is 3.24 Å². The fourth-order valence-corrected chi connectivity index (χ4v) is 2.64. The lowest BCUT2D eigenvalue weighted by Gasteiger charge is -2.33. The van der Waals surface area contributed by atoms with Crippen molar-refractivity contribution in [3.63, 3.8) is 0 Å². The van der Waals surface area contributed by atoms with Crippen molar-refractivity contribution in [2.75, 3.05) is 6.54 Å². The van der Waals surface area contributed by atoms with E-state index in [1.165, 1.54) is 13.0 Å². The van der Waals surface area contributed by atoms with Gasteiger partial charge in [-0.25, -0.2) is 0 Å². The first-order valence-corrected chi connectivity index (χ1v) is 6.44. The molecule has 16 heavy (non-hydrogen) atoms. The highest BCUT2D eigenvalue weighted by Crippen LogP contribution is 2.28. The van der Waals surface area contributed by atoms with Crippen LogP contribution in [0, 0.1) is 0 Å². The molecule has 1 aliphatic heterocycles. The summed E-state index contributed by atoms with van der Waals surface area (Å²) in [6, 6.07) is 7.48. The van der Waals surface area contributed by atoms with Crippen LogP contribution in [-0.4, -0.2) is 17.5 Å². The van der Waals surface area contributed by atoms with Crippen LogP contribution in [0.1, 0.15) is 50.3 Å². The van der Waals surface area contributed by atoms with Crippen molar-refractivity contribution < 1.29 is 0 Å². The number of benzene rings is 1. The van der Waals surface area contributed by atoms with Gasteiger partial charge < -0.3 is 0 Å². The second-order valence-electron chi connectivity index (χ2n) is 5.45. The molecule has 0 fully saturated rings. The van der Waals surface area contributed by atoms with Gasteiger partial charge in [-0.2, -0.15) is 0 Å².